The predicted molar refractivity (Wildman–Crippen MR) is 79.6 cm³/mol. The summed E-state index contributed by atoms with van der Waals surface area (Å²) in [6.45, 7) is 11.7. The van der Waals surface area contributed by atoms with Crippen LogP contribution in [-0.2, 0) is 0 Å². The Kier molecular flexibility index (Phi) is 3.27. The number of anilines is 2. The lowest BCUT2D eigenvalue weighted by Crippen LogP contribution is -2.44. The van der Waals surface area contributed by atoms with E-state index >= 15 is 0 Å². The van der Waals surface area contributed by atoms with E-state index in [9.17, 15) is 0 Å². The summed E-state index contributed by atoms with van der Waals surface area (Å²) in [6.07, 6.45) is 0.247. The van der Waals surface area contributed by atoms with Crippen LogP contribution in [0, 0.1) is 13.8 Å². The molecule has 2 N–H and O–H groups in total. The number of aryl methyl sites for hydroxylation is 1. The second kappa shape index (κ2) is 4.93. The van der Waals surface area contributed by atoms with Gasteiger partial charge in [0, 0.05) is 31.9 Å². The molecule has 1 atom stereocenters. The van der Waals surface area contributed by atoms with Gasteiger partial charge in [-0.25, -0.2) is 0 Å². The van der Waals surface area contributed by atoms with Gasteiger partial charge in [-0.3, -0.25) is 0 Å². The third-order valence-electron chi connectivity index (χ3n) is 4.03. The Morgan fingerprint density at radius 1 is 1.26 bits per heavy atom. The second-order valence-corrected chi connectivity index (χ2v) is 5.59. The fourth-order valence-electron chi connectivity index (χ4n) is 3.13. The fourth-order valence-corrected chi connectivity index (χ4v) is 3.13. The number of ether oxygens (including phenoxy) is 1. The first-order valence-electron chi connectivity index (χ1n) is 7.17. The van der Waals surface area contributed by atoms with Gasteiger partial charge >= 0.3 is 0 Å². The zero-order valence-electron chi connectivity index (χ0n) is 12.0. The van der Waals surface area contributed by atoms with Gasteiger partial charge in [-0.05, 0) is 38.0 Å². The van der Waals surface area contributed by atoms with Crippen LogP contribution in [0.15, 0.2) is 6.07 Å². The highest BCUT2D eigenvalue weighted by molar-refractivity contribution is 5.76. The summed E-state index contributed by atoms with van der Waals surface area (Å²) in [5.41, 5.74) is 5.20. The van der Waals surface area contributed by atoms with Crippen molar-refractivity contribution in [2.45, 2.75) is 26.9 Å². The van der Waals surface area contributed by atoms with E-state index in [0.29, 0.717) is 0 Å². The SMILES string of the molecule is Cc1cc2c(c(C)c1N1CCNCC1)NCC(C)O2. The monoisotopic (exact) mass is 261 g/mol. The highest BCUT2D eigenvalue weighted by Crippen LogP contribution is 2.40. The molecular formula is C15H23N3O. The molecule has 1 unspecified atom stereocenters. The van der Waals surface area contributed by atoms with Crippen LogP contribution >= 0.6 is 0 Å². The van der Waals surface area contributed by atoms with Crippen molar-refractivity contribution < 1.29 is 4.74 Å². The molecule has 0 spiro atoms. The molecule has 0 aliphatic carbocycles. The number of nitrogens with one attached hydrogen (secondary N) is 2. The Balaban J connectivity index is 2.01. The quantitative estimate of drug-likeness (QED) is 0.809. The minimum absolute atomic E-state index is 0.247. The van der Waals surface area contributed by atoms with Crippen LogP contribution in [0.25, 0.3) is 0 Å². The molecule has 104 valence electrons. The maximum atomic E-state index is 5.94. The molecule has 2 aliphatic heterocycles. The number of hydrogen-bond acceptors (Lipinski definition) is 4. The highest BCUT2D eigenvalue weighted by atomic mass is 16.5. The van der Waals surface area contributed by atoms with Gasteiger partial charge in [0.15, 0.2) is 0 Å². The van der Waals surface area contributed by atoms with Gasteiger partial charge < -0.3 is 20.3 Å². The van der Waals surface area contributed by atoms with E-state index in [1.54, 1.807) is 0 Å². The van der Waals surface area contributed by atoms with Crippen LogP contribution < -0.4 is 20.3 Å². The molecule has 0 amide bonds. The molecule has 2 heterocycles. The van der Waals surface area contributed by atoms with Gasteiger partial charge in [0.25, 0.3) is 0 Å². The molecule has 2 aliphatic rings. The van der Waals surface area contributed by atoms with Crippen LogP contribution in [0.4, 0.5) is 11.4 Å². The second-order valence-electron chi connectivity index (χ2n) is 5.59. The Morgan fingerprint density at radius 2 is 2.00 bits per heavy atom. The maximum Gasteiger partial charge on any atom is 0.143 e. The molecule has 0 radical (unpaired) electrons. The van der Waals surface area contributed by atoms with Crippen LogP contribution in [0.3, 0.4) is 0 Å². The van der Waals surface area contributed by atoms with Crippen molar-refractivity contribution in [2.24, 2.45) is 0 Å². The van der Waals surface area contributed by atoms with Crippen molar-refractivity contribution >= 4 is 11.4 Å². The summed E-state index contributed by atoms with van der Waals surface area (Å²) in [5.74, 6) is 1.01. The summed E-state index contributed by atoms with van der Waals surface area (Å²) < 4.78 is 5.94. The normalized spacial score (nSPS) is 22.5. The topological polar surface area (TPSA) is 36.5 Å². The predicted octanol–water partition coefficient (Wildman–Crippen LogP) is 1.91. The number of piperazine rings is 1. The lowest BCUT2D eigenvalue weighted by Gasteiger charge is -2.35. The Morgan fingerprint density at radius 3 is 2.74 bits per heavy atom. The van der Waals surface area contributed by atoms with Gasteiger partial charge in [-0.1, -0.05) is 0 Å². The Bertz CT molecular complexity index is 481. The van der Waals surface area contributed by atoms with Crippen molar-refractivity contribution in [1.82, 2.24) is 5.32 Å². The molecule has 0 aromatic heterocycles. The molecule has 0 saturated carbocycles. The first-order chi connectivity index (χ1) is 9.16. The van der Waals surface area contributed by atoms with Crippen LogP contribution in [0.1, 0.15) is 18.1 Å². The van der Waals surface area contributed by atoms with Gasteiger partial charge in [-0.15, -0.1) is 0 Å². The molecule has 4 heteroatoms. The van der Waals surface area contributed by atoms with E-state index in [-0.39, 0.29) is 6.10 Å². The standard InChI is InChI=1S/C15H23N3O/c1-10-8-13-14(17-9-11(2)19-13)12(3)15(10)18-6-4-16-5-7-18/h8,11,16-17H,4-7,9H2,1-3H3. The van der Waals surface area contributed by atoms with Crippen LogP contribution in [0.5, 0.6) is 5.75 Å². The van der Waals surface area contributed by atoms with Gasteiger partial charge in [0.1, 0.15) is 11.9 Å². The number of benzene rings is 1. The molecule has 1 aromatic carbocycles. The molecular weight excluding hydrogens is 238 g/mol. The molecule has 1 aromatic rings. The van der Waals surface area contributed by atoms with E-state index in [0.717, 1.165) is 38.5 Å². The average Bonchev–Trinajstić information content (AvgIpc) is 2.39. The minimum atomic E-state index is 0.247. The van der Waals surface area contributed by atoms with E-state index in [1.807, 2.05) is 0 Å². The van der Waals surface area contributed by atoms with Gasteiger partial charge in [0.2, 0.25) is 0 Å². The third-order valence-corrected chi connectivity index (χ3v) is 4.03. The smallest absolute Gasteiger partial charge is 0.143 e. The minimum Gasteiger partial charge on any atom is -0.487 e. The summed E-state index contributed by atoms with van der Waals surface area (Å²) in [5, 5.41) is 6.93. The zero-order valence-corrected chi connectivity index (χ0v) is 12.0. The first-order valence-corrected chi connectivity index (χ1v) is 7.17. The lowest BCUT2D eigenvalue weighted by molar-refractivity contribution is 0.226. The van der Waals surface area contributed by atoms with Crippen molar-refractivity contribution in [2.75, 3.05) is 42.9 Å². The van der Waals surface area contributed by atoms with Crippen LogP contribution in [-0.4, -0.2) is 38.8 Å². The largest absolute Gasteiger partial charge is 0.487 e. The maximum absolute atomic E-state index is 5.94. The molecule has 4 nitrogen and oxygen atoms in total. The summed E-state index contributed by atoms with van der Waals surface area (Å²) in [7, 11) is 0. The van der Waals surface area contributed by atoms with Crippen molar-refractivity contribution in [3.8, 4) is 5.75 Å². The number of fused-ring (bicyclic) bond motifs is 1. The summed E-state index contributed by atoms with van der Waals surface area (Å²) >= 11 is 0. The first kappa shape index (κ1) is 12.6. The zero-order chi connectivity index (χ0) is 13.4. The fraction of sp³-hybridized carbons (Fsp3) is 0.600. The Labute approximate surface area is 115 Å². The highest BCUT2D eigenvalue weighted by Gasteiger charge is 2.23. The molecule has 3 rings (SSSR count). The number of nitrogens with zero attached hydrogens (tertiary/aromatic N) is 1. The third kappa shape index (κ3) is 2.25. The van der Waals surface area contributed by atoms with E-state index < -0.39 is 0 Å². The average molecular weight is 261 g/mol. The van der Waals surface area contributed by atoms with E-state index in [4.69, 9.17) is 4.74 Å². The van der Waals surface area contributed by atoms with Gasteiger partial charge in [-0.2, -0.15) is 0 Å². The summed E-state index contributed by atoms with van der Waals surface area (Å²) in [4.78, 5) is 2.49. The summed E-state index contributed by atoms with van der Waals surface area (Å²) in [6, 6.07) is 2.18. The Hall–Kier alpha value is -1.42. The van der Waals surface area contributed by atoms with Crippen molar-refractivity contribution in [1.29, 1.82) is 0 Å². The van der Waals surface area contributed by atoms with Crippen LogP contribution in [0.2, 0.25) is 0 Å². The number of rotatable bonds is 1. The molecule has 19 heavy (non-hydrogen) atoms. The van der Waals surface area contributed by atoms with Crippen molar-refractivity contribution in [3.63, 3.8) is 0 Å². The molecule has 1 saturated heterocycles. The number of hydrogen-bond donors (Lipinski definition) is 2. The van der Waals surface area contributed by atoms with Crippen molar-refractivity contribution in [3.05, 3.63) is 17.2 Å². The van der Waals surface area contributed by atoms with E-state index in [2.05, 4.69) is 42.4 Å². The van der Waals surface area contributed by atoms with Gasteiger partial charge in [0.05, 0.1) is 12.2 Å². The van der Waals surface area contributed by atoms with E-state index in [1.165, 1.54) is 22.5 Å². The molecule has 1 fully saturated rings. The lowest BCUT2D eigenvalue weighted by atomic mass is 10.0. The molecule has 0 bridgehead atoms.